The topological polar surface area (TPSA) is 67.9 Å². The lowest BCUT2D eigenvalue weighted by Crippen LogP contribution is -2.31. The Balaban J connectivity index is 1.51. The fraction of sp³-hybridized carbons (Fsp3) is 0.211. The van der Waals surface area contributed by atoms with Crippen molar-refractivity contribution in [2.45, 2.75) is 19.5 Å². The Bertz CT molecular complexity index is 943. The summed E-state index contributed by atoms with van der Waals surface area (Å²) < 4.78 is 0. The minimum atomic E-state index is 0.409. The van der Waals surface area contributed by atoms with Crippen LogP contribution < -0.4 is 5.73 Å². The molecule has 0 unspecified atom stereocenters. The maximum atomic E-state index is 6.19. The van der Waals surface area contributed by atoms with Gasteiger partial charge in [0.05, 0.1) is 5.69 Å². The minimum Gasteiger partial charge on any atom is -0.399 e. The second-order valence-electron chi connectivity index (χ2n) is 6.33. The van der Waals surface area contributed by atoms with E-state index in [1.807, 2.05) is 36.5 Å². The molecule has 0 amide bonds. The van der Waals surface area contributed by atoms with E-state index in [4.69, 9.17) is 33.9 Å². The molecule has 0 bridgehead atoms. The number of aromatic nitrogens is 3. The van der Waals surface area contributed by atoms with E-state index >= 15 is 0 Å². The average molecular weight is 386 g/mol. The van der Waals surface area contributed by atoms with E-state index in [1.54, 1.807) is 6.07 Å². The zero-order valence-electron chi connectivity index (χ0n) is 14.0. The van der Waals surface area contributed by atoms with Gasteiger partial charge < -0.3 is 5.73 Å². The minimum absolute atomic E-state index is 0.409. The van der Waals surface area contributed by atoms with Crippen LogP contribution >= 0.6 is 23.2 Å². The smallest absolute Gasteiger partial charge is 0.159 e. The van der Waals surface area contributed by atoms with Gasteiger partial charge in [0.25, 0.3) is 0 Å². The standard InChI is InChI=1S/C19H17Cl2N5/c20-17-6-3-13(18(21)25-17)10-26-8-7-16-14(11-26)9-23-19(24-16)12-1-4-15(22)5-2-12/h1-6,9H,7-8,10-11,22H2. The summed E-state index contributed by atoms with van der Waals surface area (Å²) in [6.07, 6.45) is 2.79. The van der Waals surface area contributed by atoms with Crippen LogP contribution in [0.5, 0.6) is 0 Å². The lowest BCUT2D eigenvalue weighted by molar-refractivity contribution is 0.243. The highest BCUT2D eigenvalue weighted by molar-refractivity contribution is 6.32. The summed E-state index contributed by atoms with van der Waals surface area (Å²) in [7, 11) is 0. The molecule has 3 aromatic rings. The number of rotatable bonds is 3. The van der Waals surface area contributed by atoms with Crippen molar-refractivity contribution in [2.75, 3.05) is 12.3 Å². The fourth-order valence-corrected chi connectivity index (χ4v) is 3.49. The number of anilines is 1. The molecule has 0 saturated heterocycles. The van der Waals surface area contributed by atoms with E-state index in [0.717, 1.165) is 60.0 Å². The molecule has 0 aliphatic carbocycles. The summed E-state index contributed by atoms with van der Waals surface area (Å²) in [5.74, 6) is 0.738. The van der Waals surface area contributed by atoms with Crippen LogP contribution in [-0.2, 0) is 19.5 Å². The maximum Gasteiger partial charge on any atom is 0.159 e. The van der Waals surface area contributed by atoms with Crippen LogP contribution in [-0.4, -0.2) is 26.4 Å². The molecule has 1 aliphatic rings. The lowest BCUT2D eigenvalue weighted by atomic mass is 10.1. The van der Waals surface area contributed by atoms with E-state index in [0.29, 0.717) is 10.3 Å². The third-order valence-electron chi connectivity index (χ3n) is 4.47. The SMILES string of the molecule is Nc1ccc(-c2ncc3c(n2)CCN(Cc2ccc(Cl)nc2Cl)C3)cc1. The Hall–Kier alpha value is -2.21. The van der Waals surface area contributed by atoms with Gasteiger partial charge in [-0.25, -0.2) is 15.0 Å². The molecule has 4 rings (SSSR count). The van der Waals surface area contributed by atoms with Gasteiger partial charge in [0, 0.05) is 54.6 Å². The predicted octanol–water partition coefficient (Wildman–Crippen LogP) is 3.99. The summed E-state index contributed by atoms with van der Waals surface area (Å²) in [4.78, 5) is 15.7. The van der Waals surface area contributed by atoms with Crippen molar-refractivity contribution in [1.82, 2.24) is 19.9 Å². The normalized spacial score (nSPS) is 14.2. The molecule has 0 atom stereocenters. The molecule has 1 aromatic carbocycles. The Labute approximate surface area is 161 Å². The van der Waals surface area contributed by atoms with Crippen molar-refractivity contribution >= 4 is 28.9 Å². The van der Waals surface area contributed by atoms with Crippen molar-refractivity contribution < 1.29 is 0 Å². The Morgan fingerprint density at radius 3 is 2.62 bits per heavy atom. The van der Waals surface area contributed by atoms with Crippen LogP contribution in [0.4, 0.5) is 5.69 Å². The zero-order valence-corrected chi connectivity index (χ0v) is 15.5. The number of benzene rings is 1. The van der Waals surface area contributed by atoms with E-state index in [2.05, 4.69) is 14.9 Å². The van der Waals surface area contributed by atoms with Crippen molar-refractivity contribution in [3.8, 4) is 11.4 Å². The van der Waals surface area contributed by atoms with Gasteiger partial charge in [-0.2, -0.15) is 0 Å². The van der Waals surface area contributed by atoms with Crippen LogP contribution in [0.15, 0.2) is 42.6 Å². The van der Waals surface area contributed by atoms with Crippen LogP contribution in [0.3, 0.4) is 0 Å². The van der Waals surface area contributed by atoms with Gasteiger partial charge in [-0.05, 0) is 30.3 Å². The molecular weight excluding hydrogens is 369 g/mol. The Kier molecular flexibility index (Phi) is 4.76. The number of nitrogens with two attached hydrogens (primary N) is 1. The number of hydrogen-bond acceptors (Lipinski definition) is 5. The highest BCUT2D eigenvalue weighted by atomic mass is 35.5. The Morgan fingerprint density at radius 1 is 1.04 bits per heavy atom. The molecule has 3 heterocycles. The number of nitrogens with zero attached hydrogens (tertiary/aromatic N) is 4. The molecular formula is C19H17Cl2N5. The number of halogens is 2. The molecule has 1 aliphatic heterocycles. The summed E-state index contributed by atoms with van der Waals surface area (Å²) in [5, 5.41) is 0.865. The second kappa shape index (κ2) is 7.19. The van der Waals surface area contributed by atoms with Gasteiger partial charge in [0.2, 0.25) is 0 Å². The molecule has 2 N–H and O–H groups in total. The number of fused-ring (bicyclic) bond motifs is 1. The van der Waals surface area contributed by atoms with Gasteiger partial charge in [-0.1, -0.05) is 29.3 Å². The second-order valence-corrected chi connectivity index (χ2v) is 7.08. The molecule has 2 aromatic heterocycles. The zero-order chi connectivity index (χ0) is 18.1. The Morgan fingerprint density at radius 2 is 1.85 bits per heavy atom. The monoisotopic (exact) mass is 385 g/mol. The molecule has 0 spiro atoms. The van der Waals surface area contributed by atoms with Gasteiger partial charge in [-0.3, -0.25) is 4.90 Å². The molecule has 7 heteroatoms. The van der Waals surface area contributed by atoms with Crippen LogP contribution in [0.25, 0.3) is 11.4 Å². The van der Waals surface area contributed by atoms with Gasteiger partial charge in [-0.15, -0.1) is 0 Å². The van der Waals surface area contributed by atoms with Gasteiger partial charge in [0.15, 0.2) is 5.82 Å². The summed E-state index contributed by atoms with van der Waals surface area (Å²) >= 11 is 12.1. The first kappa shape index (κ1) is 17.2. The first-order chi connectivity index (χ1) is 12.6. The molecule has 132 valence electrons. The van der Waals surface area contributed by atoms with Crippen molar-refractivity contribution in [3.63, 3.8) is 0 Å². The molecule has 0 fully saturated rings. The largest absolute Gasteiger partial charge is 0.399 e. The van der Waals surface area contributed by atoms with Crippen molar-refractivity contribution in [2.24, 2.45) is 0 Å². The number of pyridine rings is 1. The van der Waals surface area contributed by atoms with E-state index in [9.17, 15) is 0 Å². The van der Waals surface area contributed by atoms with E-state index in [1.165, 1.54) is 0 Å². The molecule has 5 nitrogen and oxygen atoms in total. The molecule has 26 heavy (non-hydrogen) atoms. The summed E-state index contributed by atoms with van der Waals surface area (Å²) in [6.45, 7) is 2.42. The molecule has 0 saturated carbocycles. The quantitative estimate of drug-likeness (QED) is 0.545. The maximum absolute atomic E-state index is 6.19. The highest BCUT2D eigenvalue weighted by Gasteiger charge is 2.20. The third-order valence-corrected chi connectivity index (χ3v) is 5.01. The van der Waals surface area contributed by atoms with Crippen molar-refractivity contribution in [1.29, 1.82) is 0 Å². The average Bonchev–Trinajstić information content (AvgIpc) is 2.64. The number of nitrogen functional groups attached to an aromatic ring is 1. The van der Waals surface area contributed by atoms with Crippen LogP contribution in [0, 0.1) is 0 Å². The predicted molar refractivity (Wildman–Crippen MR) is 104 cm³/mol. The van der Waals surface area contributed by atoms with E-state index in [-0.39, 0.29) is 0 Å². The lowest BCUT2D eigenvalue weighted by Gasteiger charge is -2.28. The highest BCUT2D eigenvalue weighted by Crippen LogP contribution is 2.24. The van der Waals surface area contributed by atoms with Crippen LogP contribution in [0.2, 0.25) is 10.3 Å². The first-order valence-corrected chi connectivity index (χ1v) is 9.08. The number of hydrogen-bond donors (Lipinski definition) is 1. The summed E-state index contributed by atoms with van der Waals surface area (Å²) in [5.41, 5.74) is 10.7. The van der Waals surface area contributed by atoms with E-state index < -0.39 is 0 Å². The van der Waals surface area contributed by atoms with Gasteiger partial charge >= 0.3 is 0 Å². The first-order valence-electron chi connectivity index (χ1n) is 8.32. The fourth-order valence-electron chi connectivity index (χ4n) is 3.08. The van der Waals surface area contributed by atoms with Crippen molar-refractivity contribution in [3.05, 3.63) is 69.7 Å². The third kappa shape index (κ3) is 3.65. The van der Waals surface area contributed by atoms with Gasteiger partial charge in [0.1, 0.15) is 10.3 Å². The molecule has 0 radical (unpaired) electrons. The summed E-state index contributed by atoms with van der Waals surface area (Å²) in [6, 6.07) is 11.3. The van der Waals surface area contributed by atoms with Crippen LogP contribution in [0.1, 0.15) is 16.8 Å².